The van der Waals surface area contributed by atoms with E-state index in [1.807, 2.05) is 0 Å². The van der Waals surface area contributed by atoms with E-state index in [0.717, 1.165) is 0 Å². The molecule has 59 valence electrons. The molecule has 0 spiro atoms. The molecule has 1 aromatic carbocycles. The van der Waals surface area contributed by atoms with Gasteiger partial charge in [0, 0.05) is 5.56 Å². The van der Waals surface area contributed by atoms with E-state index in [9.17, 15) is 0 Å². The Kier molecular flexibility index (Phi) is 2.24. The zero-order valence-corrected chi connectivity index (χ0v) is 5.81. The van der Waals surface area contributed by atoms with Gasteiger partial charge in [-0.15, -0.1) is 0 Å². The van der Waals surface area contributed by atoms with Gasteiger partial charge in [-0.3, -0.25) is 0 Å². The molecule has 0 saturated heterocycles. The first-order valence-corrected chi connectivity index (χ1v) is 3.15. The van der Waals surface area contributed by atoms with Gasteiger partial charge in [0.2, 0.25) is 5.79 Å². The molecule has 0 unspecified atom stereocenters. The maximum atomic E-state index is 9.04. The molecule has 0 heterocycles. The maximum absolute atomic E-state index is 9.04. The van der Waals surface area contributed by atoms with Gasteiger partial charge >= 0.3 is 0 Å². The average Bonchev–Trinajstić information content (AvgIpc) is 2.06. The Morgan fingerprint density at radius 3 is 2.09 bits per heavy atom. The molecule has 0 fully saturated rings. The van der Waals surface area contributed by atoms with E-state index in [-0.39, 0.29) is 5.56 Å². The first kappa shape index (κ1) is 8.20. The van der Waals surface area contributed by atoms with E-state index in [0.29, 0.717) is 6.61 Å². The molecule has 1 rings (SSSR count). The molecule has 0 aliphatic carbocycles. The van der Waals surface area contributed by atoms with Crippen LogP contribution in [0.1, 0.15) is 5.56 Å². The van der Waals surface area contributed by atoms with Crippen molar-refractivity contribution in [3.05, 3.63) is 42.5 Å². The minimum atomic E-state index is -2.23. The fraction of sp³-hybridized carbons (Fsp3) is 0.125. The summed E-state index contributed by atoms with van der Waals surface area (Å²) in [6.07, 6.45) is 0. The molecule has 0 saturated carbocycles. The van der Waals surface area contributed by atoms with Crippen molar-refractivity contribution < 1.29 is 15.3 Å². The van der Waals surface area contributed by atoms with E-state index in [2.05, 4.69) is 0 Å². The Morgan fingerprint density at radius 2 is 1.64 bits per heavy atom. The summed E-state index contributed by atoms with van der Waals surface area (Å²) in [5.41, 5.74) is 0.238. The van der Waals surface area contributed by atoms with E-state index in [1.165, 1.54) is 12.1 Å². The lowest BCUT2D eigenvalue weighted by molar-refractivity contribution is -0.165. The van der Waals surface area contributed by atoms with Crippen LogP contribution in [0.25, 0.3) is 0 Å². The SMILES string of the molecule is O[CH]C(O)(O)c1ccccc1. The molecule has 0 amide bonds. The second kappa shape index (κ2) is 3.00. The van der Waals surface area contributed by atoms with Crippen LogP contribution in [0, 0.1) is 6.61 Å². The van der Waals surface area contributed by atoms with Gasteiger partial charge in [0.25, 0.3) is 0 Å². The molecular weight excluding hydrogens is 144 g/mol. The predicted molar refractivity (Wildman–Crippen MR) is 38.8 cm³/mol. The highest BCUT2D eigenvalue weighted by molar-refractivity contribution is 5.20. The average molecular weight is 153 g/mol. The smallest absolute Gasteiger partial charge is 0.219 e. The normalized spacial score (nSPS) is 11.5. The molecule has 0 aliphatic heterocycles. The van der Waals surface area contributed by atoms with Crippen LogP contribution in [-0.2, 0) is 5.79 Å². The molecule has 0 aromatic heterocycles. The molecule has 3 heteroatoms. The molecule has 3 N–H and O–H groups in total. The summed E-state index contributed by atoms with van der Waals surface area (Å²) in [7, 11) is 0. The Balaban J connectivity index is 2.93. The summed E-state index contributed by atoms with van der Waals surface area (Å²) < 4.78 is 0. The van der Waals surface area contributed by atoms with Gasteiger partial charge in [-0.2, -0.15) is 0 Å². The first-order valence-electron chi connectivity index (χ1n) is 3.15. The van der Waals surface area contributed by atoms with Crippen LogP contribution in [0.2, 0.25) is 0 Å². The van der Waals surface area contributed by atoms with Crippen LogP contribution in [-0.4, -0.2) is 15.3 Å². The zero-order chi connectivity index (χ0) is 8.32. The lowest BCUT2D eigenvalue weighted by Crippen LogP contribution is -2.25. The second-order valence-electron chi connectivity index (χ2n) is 2.22. The Labute approximate surface area is 64.5 Å². The van der Waals surface area contributed by atoms with Crippen LogP contribution in [0.5, 0.6) is 0 Å². The van der Waals surface area contributed by atoms with Crippen molar-refractivity contribution in [2.24, 2.45) is 0 Å². The molecule has 11 heavy (non-hydrogen) atoms. The van der Waals surface area contributed by atoms with Crippen LogP contribution in [0.4, 0.5) is 0 Å². The standard InChI is InChI=1S/C8H9O3/c9-6-8(10,11)7-4-2-1-3-5-7/h1-6,9-11H. The van der Waals surface area contributed by atoms with Gasteiger partial charge in [0.15, 0.2) is 0 Å². The van der Waals surface area contributed by atoms with E-state index >= 15 is 0 Å². The van der Waals surface area contributed by atoms with Gasteiger partial charge in [0.1, 0.15) is 6.61 Å². The third-order valence-corrected chi connectivity index (χ3v) is 1.38. The number of hydrogen-bond acceptors (Lipinski definition) is 3. The fourth-order valence-electron chi connectivity index (χ4n) is 0.758. The quantitative estimate of drug-likeness (QED) is 0.537. The summed E-state index contributed by atoms with van der Waals surface area (Å²) in [6.45, 7) is 0.336. The van der Waals surface area contributed by atoms with Crippen molar-refractivity contribution in [1.82, 2.24) is 0 Å². The number of aliphatic hydroxyl groups is 3. The minimum Gasteiger partial charge on any atom is -0.384 e. The van der Waals surface area contributed by atoms with Crippen LogP contribution < -0.4 is 0 Å². The van der Waals surface area contributed by atoms with Gasteiger partial charge in [-0.25, -0.2) is 0 Å². The third-order valence-electron chi connectivity index (χ3n) is 1.38. The van der Waals surface area contributed by atoms with Crippen LogP contribution in [0.15, 0.2) is 30.3 Å². The molecule has 3 nitrogen and oxygen atoms in total. The van der Waals surface area contributed by atoms with Crippen molar-refractivity contribution in [3.8, 4) is 0 Å². The zero-order valence-electron chi connectivity index (χ0n) is 5.81. The van der Waals surface area contributed by atoms with Crippen molar-refractivity contribution in [3.63, 3.8) is 0 Å². The van der Waals surface area contributed by atoms with E-state index in [4.69, 9.17) is 15.3 Å². The highest BCUT2D eigenvalue weighted by Crippen LogP contribution is 2.18. The second-order valence-corrected chi connectivity index (χ2v) is 2.22. The summed E-state index contributed by atoms with van der Waals surface area (Å²) in [5.74, 6) is -2.23. The van der Waals surface area contributed by atoms with Crippen molar-refractivity contribution in [2.45, 2.75) is 5.79 Å². The van der Waals surface area contributed by atoms with Gasteiger partial charge < -0.3 is 15.3 Å². The summed E-state index contributed by atoms with van der Waals surface area (Å²) in [5, 5.41) is 26.5. The number of hydrogen-bond donors (Lipinski definition) is 3. The lowest BCUT2D eigenvalue weighted by atomic mass is 10.1. The Morgan fingerprint density at radius 1 is 1.09 bits per heavy atom. The predicted octanol–water partition coefficient (Wildman–Crippen LogP) is 0.358. The van der Waals surface area contributed by atoms with Gasteiger partial charge in [0.05, 0.1) is 0 Å². The van der Waals surface area contributed by atoms with Crippen molar-refractivity contribution >= 4 is 0 Å². The molecular formula is C8H9O3. The largest absolute Gasteiger partial charge is 0.384 e. The number of aliphatic hydroxyl groups excluding tert-OH is 1. The summed E-state index contributed by atoms with van der Waals surface area (Å²) in [4.78, 5) is 0. The molecule has 1 aromatic rings. The van der Waals surface area contributed by atoms with E-state index < -0.39 is 5.79 Å². The van der Waals surface area contributed by atoms with Gasteiger partial charge in [-0.05, 0) is 0 Å². The lowest BCUT2D eigenvalue weighted by Gasteiger charge is -2.17. The molecule has 0 bridgehead atoms. The molecule has 0 atom stereocenters. The monoisotopic (exact) mass is 153 g/mol. The molecule has 1 radical (unpaired) electrons. The van der Waals surface area contributed by atoms with Crippen LogP contribution in [0.3, 0.4) is 0 Å². The van der Waals surface area contributed by atoms with Crippen molar-refractivity contribution in [1.29, 1.82) is 0 Å². The Hall–Kier alpha value is -0.900. The topological polar surface area (TPSA) is 60.7 Å². The molecule has 0 aliphatic rings. The van der Waals surface area contributed by atoms with Crippen LogP contribution >= 0.6 is 0 Å². The fourth-order valence-corrected chi connectivity index (χ4v) is 0.758. The summed E-state index contributed by atoms with van der Waals surface area (Å²) in [6, 6.07) is 8.07. The highest BCUT2D eigenvalue weighted by atomic mass is 16.5. The third kappa shape index (κ3) is 1.77. The maximum Gasteiger partial charge on any atom is 0.219 e. The Bertz CT molecular complexity index is 218. The summed E-state index contributed by atoms with van der Waals surface area (Å²) >= 11 is 0. The highest BCUT2D eigenvalue weighted by Gasteiger charge is 2.24. The van der Waals surface area contributed by atoms with Gasteiger partial charge in [-0.1, -0.05) is 30.3 Å². The van der Waals surface area contributed by atoms with Crippen molar-refractivity contribution in [2.75, 3.05) is 0 Å². The number of benzene rings is 1. The first-order chi connectivity index (χ1) is 5.17. The van der Waals surface area contributed by atoms with E-state index in [1.54, 1.807) is 18.2 Å². The number of rotatable bonds is 2. The minimum absolute atomic E-state index is 0.238.